The molecule has 0 amide bonds. The number of pyridine rings is 1. The summed E-state index contributed by atoms with van der Waals surface area (Å²) in [6, 6.07) is 2.97. The van der Waals surface area contributed by atoms with Crippen molar-refractivity contribution in [2.24, 2.45) is 0 Å². The van der Waals surface area contributed by atoms with E-state index in [4.69, 9.17) is 4.74 Å². The fourth-order valence-corrected chi connectivity index (χ4v) is 3.13. The van der Waals surface area contributed by atoms with Crippen LogP contribution in [0.5, 0.6) is 0 Å². The minimum absolute atomic E-state index is 0.0264. The summed E-state index contributed by atoms with van der Waals surface area (Å²) in [7, 11) is 0. The molecule has 23 heavy (non-hydrogen) atoms. The smallest absolute Gasteiger partial charge is 0.343 e. The molecule has 0 radical (unpaired) electrons. The normalized spacial score (nSPS) is 16.2. The summed E-state index contributed by atoms with van der Waals surface area (Å²) < 4.78 is 20.9. The van der Waals surface area contributed by atoms with Crippen LogP contribution in [0.3, 0.4) is 0 Å². The number of hydrogen-bond acceptors (Lipinski definition) is 4. The van der Waals surface area contributed by atoms with Crippen molar-refractivity contribution in [3.05, 3.63) is 45.0 Å². The number of carbonyl (C=O) groups is 1. The number of carbonyl (C=O) groups excluding carboxylic acids is 1. The number of esters is 1. The van der Waals surface area contributed by atoms with Gasteiger partial charge in [-0.2, -0.15) is 5.26 Å². The third-order valence-electron chi connectivity index (χ3n) is 4.26. The van der Waals surface area contributed by atoms with Crippen molar-refractivity contribution < 1.29 is 13.9 Å². The van der Waals surface area contributed by atoms with Crippen LogP contribution in [0, 0.1) is 17.1 Å². The Kier molecular flexibility index (Phi) is 3.64. The third kappa shape index (κ3) is 2.20. The SMILES string of the molecule is CCOC(=O)c1cn2c3c(c(C#N)c(F)cc3c1=O)CCC2C. The minimum Gasteiger partial charge on any atom is -0.462 e. The maximum Gasteiger partial charge on any atom is 0.343 e. The number of aromatic nitrogens is 1. The first-order valence-electron chi connectivity index (χ1n) is 7.47. The number of nitriles is 1. The first-order chi connectivity index (χ1) is 11.0. The Hall–Kier alpha value is -2.68. The zero-order valence-electron chi connectivity index (χ0n) is 12.9. The van der Waals surface area contributed by atoms with Gasteiger partial charge in [-0.1, -0.05) is 0 Å². The van der Waals surface area contributed by atoms with E-state index >= 15 is 0 Å². The summed E-state index contributed by atoms with van der Waals surface area (Å²) in [6.45, 7) is 3.76. The second-order valence-corrected chi connectivity index (χ2v) is 5.61. The lowest BCUT2D eigenvalue weighted by Crippen LogP contribution is -2.25. The molecule has 0 fully saturated rings. The van der Waals surface area contributed by atoms with Crippen molar-refractivity contribution in [1.29, 1.82) is 5.26 Å². The van der Waals surface area contributed by atoms with E-state index in [1.807, 2.05) is 13.0 Å². The van der Waals surface area contributed by atoms with E-state index in [-0.39, 0.29) is 29.2 Å². The summed E-state index contributed by atoms with van der Waals surface area (Å²) in [6.07, 6.45) is 2.69. The van der Waals surface area contributed by atoms with E-state index in [1.54, 1.807) is 11.5 Å². The number of benzene rings is 1. The first kappa shape index (κ1) is 15.2. The molecule has 1 aromatic heterocycles. The maximum atomic E-state index is 14.2. The molecule has 0 saturated heterocycles. The molecule has 0 N–H and O–H groups in total. The molecule has 1 aliphatic heterocycles. The Bertz CT molecular complexity index is 924. The predicted octanol–water partition coefficient (Wildman–Crippen LogP) is 2.70. The van der Waals surface area contributed by atoms with Gasteiger partial charge in [-0.05, 0) is 38.3 Å². The van der Waals surface area contributed by atoms with Gasteiger partial charge in [-0.3, -0.25) is 4.79 Å². The van der Waals surface area contributed by atoms with Gasteiger partial charge in [0.2, 0.25) is 5.43 Å². The largest absolute Gasteiger partial charge is 0.462 e. The Morgan fingerprint density at radius 2 is 2.30 bits per heavy atom. The fraction of sp³-hybridized carbons (Fsp3) is 0.353. The van der Waals surface area contributed by atoms with Crippen molar-refractivity contribution >= 4 is 16.9 Å². The summed E-state index contributed by atoms with van der Waals surface area (Å²) in [5.74, 6) is -1.44. The maximum absolute atomic E-state index is 14.2. The highest BCUT2D eigenvalue weighted by molar-refractivity contribution is 5.95. The molecule has 1 unspecified atom stereocenters. The zero-order valence-corrected chi connectivity index (χ0v) is 12.9. The highest BCUT2D eigenvalue weighted by Gasteiger charge is 2.26. The molecule has 2 aromatic rings. The lowest BCUT2D eigenvalue weighted by Gasteiger charge is -2.27. The van der Waals surface area contributed by atoms with Crippen LogP contribution in [0.2, 0.25) is 0 Å². The molecule has 2 heterocycles. The molecule has 5 nitrogen and oxygen atoms in total. The Morgan fingerprint density at radius 1 is 1.57 bits per heavy atom. The molecule has 0 spiro atoms. The minimum atomic E-state index is -0.728. The molecule has 0 bridgehead atoms. The van der Waals surface area contributed by atoms with Gasteiger partial charge in [0.1, 0.15) is 17.4 Å². The number of halogens is 1. The standard InChI is InChI=1S/C17H15FN2O3/c1-3-23-17(22)13-8-20-9(2)4-5-10-12(7-19)14(18)6-11(15(10)20)16(13)21/h6,8-9H,3-5H2,1-2H3. The quantitative estimate of drug-likeness (QED) is 0.799. The van der Waals surface area contributed by atoms with E-state index in [0.29, 0.717) is 23.9 Å². The van der Waals surface area contributed by atoms with Gasteiger partial charge >= 0.3 is 5.97 Å². The van der Waals surface area contributed by atoms with Crippen molar-refractivity contribution in [2.75, 3.05) is 6.61 Å². The Morgan fingerprint density at radius 3 is 2.96 bits per heavy atom. The molecular formula is C17H15FN2O3. The van der Waals surface area contributed by atoms with Gasteiger partial charge in [0.05, 0.1) is 17.7 Å². The first-order valence-corrected chi connectivity index (χ1v) is 7.47. The van der Waals surface area contributed by atoms with Crippen LogP contribution in [-0.2, 0) is 11.2 Å². The summed E-state index contributed by atoms with van der Waals surface area (Å²) in [4.78, 5) is 24.6. The summed E-state index contributed by atoms with van der Waals surface area (Å²) in [5.41, 5.74) is 0.380. The fourth-order valence-electron chi connectivity index (χ4n) is 3.13. The van der Waals surface area contributed by atoms with Gasteiger partial charge in [0.25, 0.3) is 0 Å². The van der Waals surface area contributed by atoms with Crippen molar-refractivity contribution in [2.45, 2.75) is 32.7 Å². The highest BCUT2D eigenvalue weighted by atomic mass is 19.1. The van der Waals surface area contributed by atoms with Crippen LogP contribution in [0.4, 0.5) is 4.39 Å². The lowest BCUT2D eigenvalue weighted by molar-refractivity contribution is 0.0524. The zero-order chi connectivity index (χ0) is 16.7. The van der Waals surface area contributed by atoms with Crippen LogP contribution in [-0.4, -0.2) is 17.1 Å². The van der Waals surface area contributed by atoms with E-state index in [0.717, 1.165) is 6.07 Å². The van der Waals surface area contributed by atoms with Crippen LogP contribution < -0.4 is 5.43 Å². The molecule has 0 saturated carbocycles. The third-order valence-corrected chi connectivity index (χ3v) is 4.26. The van der Waals surface area contributed by atoms with Gasteiger partial charge in [0.15, 0.2) is 0 Å². The summed E-state index contributed by atoms with van der Waals surface area (Å²) in [5, 5.41) is 9.32. The van der Waals surface area contributed by atoms with Gasteiger partial charge in [0, 0.05) is 17.6 Å². The van der Waals surface area contributed by atoms with Crippen molar-refractivity contribution in [3.8, 4) is 6.07 Å². The molecule has 6 heteroatoms. The highest BCUT2D eigenvalue weighted by Crippen LogP contribution is 2.33. The number of rotatable bonds is 2. The Balaban J connectivity index is 2.45. The van der Waals surface area contributed by atoms with Crippen molar-refractivity contribution in [1.82, 2.24) is 4.57 Å². The van der Waals surface area contributed by atoms with Crippen molar-refractivity contribution in [3.63, 3.8) is 0 Å². The van der Waals surface area contributed by atoms with Crippen LogP contribution in [0.1, 0.15) is 47.8 Å². The second-order valence-electron chi connectivity index (χ2n) is 5.61. The number of nitrogens with zero attached hydrogens (tertiary/aromatic N) is 2. The molecular weight excluding hydrogens is 299 g/mol. The van der Waals surface area contributed by atoms with Gasteiger partial charge in [-0.15, -0.1) is 0 Å². The van der Waals surface area contributed by atoms with Gasteiger partial charge in [-0.25, -0.2) is 9.18 Å². The molecule has 0 aliphatic carbocycles. The van der Waals surface area contributed by atoms with Crippen LogP contribution in [0.25, 0.3) is 10.9 Å². The second kappa shape index (κ2) is 5.51. The summed E-state index contributed by atoms with van der Waals surface area (Å²) >= 11 is 0. The molecule has 1 atom stereocenters. The van der Waals surface area contributed by atoms with E-state index < -0.39 is 17.2 Å². The number of ether oxygens (including phenoxy) is 1. The topological polar surface area (TPSA) is 72.1 Å². The van der Waals surface area contributed by atoms with Crippen LogP contribution in [0.15, 0.2) is 17.1 Å². The monoisotopic (exact) mass is 314 g/mol. The van der Waals surface area contributed by atoms with E-state index in [9.17, 15) is 19.2 Å². The number of hydrogen-bond donors (Lipinski definition) is 0. The lowest BCUT2D eigenvalue weighted by atomic mass is 9.92. The average Bonchev–Trinajstić information content (AvgIpc) is 2.52. The molecule has 1 aromatic carbocycles. The Labute approximate surface area is 131 Å². The van der Waals surface area contributed by atoms with E-state index in [1.165, 1.54) is 6.20 Å². The number of aryl methyl sites for hydroxylation is 1. The van der Waals surface area contributed by atoms with Crippen LogP contribution >= 0.6 is 0 Å². The van der Waals surface area contributed by atoms with Gasteiger partial charge < -0.3 is 9.30 Å². The van der Waals surface area contributed by atoms with E-state index in [2.05, 4.69) is 0 Å². The average molecular weight is 314 g/mol. The molecule has 118 valence electrons. The molecule has 3 rings (SSSR count). The molecule has 1 aliphatic rings. The predicted molar refractivity (Wildman–Crippen MR) is 81.9 cm³/mol.